The van der Waals surface area contributed by atoms with Gasteiger partial charge in [-0.3, -0.25) is 4.79 Å². The number of unbranched alkanes of at least 4 members (excludes halogenated alkanes) is 1. The van der Waals surface area contributed by atoms with Crippen LogP contribution in [0.5, 0.6) is 0 Å². The molecule has 1 heterocycles. The maximum Gasteiger partial charge on any atom is 0.160 e. The highest BCUT2D eigenvalue weighted by molar-refractivity contribution is 7.12. The van der Waals surface area contributed by atoms with Gasteiger partial charge in [0.1, 0.15) is 0 Å². The van der Waals surface area contributed by atoms with Crippen LogP contribution in [0, 0.1) is 0 Å². The van der Waals surface area contributed by atoms with Crippen LogP contribution >= 0.6 is 11.3 Å². The summed E-state index contributed by atoms with van der Waals surface area (Å²) in [6.07, 6.45) is 3.31. The lowest BCUT2D eigenvalue weighted by molar-refractivity contribution is 0.112. The molecule has 0 amide bonds. The molecule has 0 aliphatic heterocycles. The minimum atomic E-state index is 0.804. The molecule has 13 heavy (non-hydrogen) atoms. The van der Waals surface area contributed by atoms with E-state index in [1.807, 2.05) is 11.4 Å². The maximum absolute atomic E-state index is 10.4. The molecule has 0 unspecified atom stereocenters. The first kappa shape index (κ1) is 10.3. The van der Waals surface area contributed by atoms with E-state index < -0.39 is 0 Å². The number of anilines is 1. The highest BCUT2D eigenvalue weighted by Gasteiger charge is 2.02. The molecule has 0 bridgehead atoms. The lowest BCUT2D eigenvalue weighted by atomic mass is 10.3. The van der Waals surface area contributed by atoms with Crippen LogP contribution in [0.3, 0.4) is 0 Å². The van der Waals surface area contributed by atoms with E-state index in [0.717, 1.165) is 23.4 Å². The van der Waals surface area contributed by atoms with Crippen molar-refractivity contribution in [3.8, 4) is 0 Å². The molecule has 2 nitrogen and oxygen atoms in total. The highest BCUT2D eigenvalue weighted by atomic mass is 32.1. The Morgan fingerprint density at radius 2 is 2.38 bits per heavy atom. The number of thiophene rings is 1. The third-order valence-corrected chi connectivity index (χ3v) is 2.86. The zero-order valence-electron chi connectivity index (χ0n) is 8.12. The van der Waals surface area contributed by atoms with Crippen LogP contribution in [0.1, 0.15) is 29.4 Å². The van der Waals surface area contributed by atoms with Crippen LogP contribution in [-0.2, 0) is 0 Å². The second-order valence-corrected chi connectivity index (χ2v) is 4.04. The zero-order valence-corrected chi connectivity index (χ0v) is 8.93. The topological polar surface area (TPSA) is 20.3 Å². The molecule has 1 rings (SSSR count). The summed E-state index contributed by atoms with van der Waals surface area (Å²) in [5.41, 5.74) is 1.15. The fraction of sp³-hybridized carbons (Fsp3) is 0.500. The van der Waals surface area contributed by atoms with E-state index in [2.05, 4.69) is 18.9 Å². The Hall–Kier alpha value is -0.830. The quantitative estimate of drug-likeness (QED) is 0.676. The van der Waals surface area contributed by atoms with E-state index in [-0.39, 0.29) is 0 Å². The number of nitrogens with zero attached hydrogens (tertiary/aromatic N) is 1. The Balaban J connectivity index is 2.54. The first-order chi connectivity index (χ1) is 6.27. The van der Waals surface area contributed by atoms with Gasteiger partial charge in [-0.2, -0.15) is 0 Å². The van der Waals surface area contributed by atoms with Gasteiger partial charge in [-0.1, -0.05) is 13.3 Å². The Morgan fingerprint density at radius 1 is 1.62 bits per heavy atom. The lowest BCUT2D eigenvalue weighted by Gasteiger charge is -2.16. The summed E-state index contributed by atoms with van der Waals surface area (Å²) in [6.45, 7) is 3.24. The van der Waals surface area contributed by atoms with Crippen LogP contribution in [0.4, 0.5) is 5.69 Å². The molecule has 1 aromatic heterocycles. The zero-order chi connectivity index (χ0) is 9.68. The molecule has 0 aromatic carbocycles. The van der Waals surface area contributed by atoms with Crippen LogP contribution in [0.2, 0.25) is 0 Å². The van der Waals surface area contributed by atoms with E-state index in [0.29, 0.717) is 0 Å². The SMILES string of the molecule is CCCCN(C)c1csc(C=O)c1. The summed E-state index contributed by atoms with van der Waals surface area (Å²) in [5, 5.41) is 2.03. The smallest absolute Gasteiger partial charge is 0.160 e. The van der Waals surface area contributed by atoms with Gasteiger partial charge in [0.15, 0.2) is 6.29 Å². The van der Waals surface area contributed by atoms with Gasteiger partial charge in [-0.25, -0.2) is 0 Å². The van der Waals surface area contributed by atoms with E-state index >= 15 is 0 Å². The van der Waals surface area contributed by atoms with E-state index in [1.165, 1.54) is 24.2 Å². The maximum atomic E-state index is 10.4. The van der Waals surface area contributed by atoms with Gasteiger partial charge < -0.3 is 4.90 Å². The minimum absolute atomic E-state index is 0.804. The van der Waals surface area contributed by atoms with Gasteiger partial charge >= 0.3 is 0 Å². The Morgan fingerprint density at radius 3 is 2.92 bits per heavy atom. The van der Waals surface area contributed by atoms with Crippen molar-refractivity contribution in [3.63, 3.8) is 0 Å². The standard InChI is InChI=1S/C10H15NOS/c1-3-4-5-11(2)9-6-10(7-12)13-8-9/h6-8H,3-5H2,1-2H3. The fourth-order valence-corrected chi connectivity index (χ4v) is 1.88. The third kappa shape index (κ3) is 2.84. The summed E-state index contributed by atoms with van der Waals surface area (Å²) in [5.74, 6) is 0. The molecular formula is C10H15NOS. The number of hydrogen-bond donors (Lipinski definition) is 0. The van der Waals surface area contributed by atoms with Crippen molar-refractivity contribution < 1.29 is 4.79 Å². The predicted octanol–water partition coefficient (Wildman–Crippen LogP) is 2.80. The first-order valence-corrected chi connectivity index (χ1v) is 5.40. The van der Waals surface area contributed by atoms with E-state index in [9.17, 15) is 4.79 Å². The van der Waals surface area contributed by atoms with Gasteiger partial charge in [-0.15, -0.1) is 11.3 Å². The van der Waals surface area contributed by atoms with Gasteiger partial charge in [0.2, 0.25) is 0 Å². The third-order valence-electron chi connectivity index (χ3n) is 2.01. The largest absolute Gasteiger partial charge is 0.374 e. The molecule has 0 fully saturated rings. The highest BCUT2D eigenvalue weighted by Crippen LogP contribution is 2.20. The average Bonchev–Trinajstić information content (AvgIpc) is 2.62. The summed E-state index contributed by atoms with van der Waals surface area (Å²) in [7, 11) is 2.06. The summed E-state index contributed by atoms with van der Waals surface area (Å²) >= 11 is 1.50. The lowest BCUT2D eigenvalue weighted by Crippen LogP contribution is -2.17. The molecule has 0 aliphatic rings. The molecule has 0 saturated carbocycles. The molecular weight excluding hydrogens is 182 g/mol. The van der Waals surface area contributed by atoms with E-state index in [1.54, 1.807) is 0 Å². The minimum Gasteiger partial charge on any atom is -0.374 e. The van der Waals surface area contributed by atoms with Crippen molar-refractivity contribution in [3.05, 3.63) is 16.3 Å². The van der Waals surface area contributed by atoms with Crippen LogP contribution in [0.25, 0.3) is 0 Å². The summed E-state index contributed by atoms with van der Waals surface area (Å²) in [6, 6.07) is 1.94. The summed E-state index contributed by atoms with van der Waals surface area (Å²) < 4.78 is 0. The van der Waals surface area contributed by atoms with Crippen LogP contribution in [0.15, 0.2) is 11.4 Å². The Bertz CT molecular complexity index is 270. The van der Waals surface area contributed by atoms with Crippen molar-refractivity contribution in [1.82, 2.24) is 0 Å². The molecule has 1 aromatic rings. The van der Waals surface area contributed by atoms with Gasteiger partial charge in [0.25, 0.3) is 0 Å². The Labute approximate surface area is 83.2 Å². The number of carbonyl (C=O) groups excluding carboxylic acids is 1. The van der Waals surface area contributed by atoms with Gasteiger partial charge in [0.05, 0.1) is 4.88 Å². The predicted molar refractivity (Wildman–Crippen MR) is 57.9 cm³/mol. The van der Waals surface area contributed by atoms with Crippen molar-refractivity contribution >= 4 is 23.3 Å². The number of hydrogen-bond acceptors (Lipinski definition) is 3. The van der Waals surface area contributed by atoms with Crippen molar-refractivity contribution in [1.29, 1.82) is 0 Å². The monoisotopic (exact) mass is 197 g/mol. The van der Waals surface area contributed by atoms with Crippen LogP contribution < -0.4 is 4.90 Å². The number of rotatable bonds is 5. The van der Waals surface area contributed by atoms with Crippen molar-refractivity contribution in [2.24, 2.45) is 0 Å². The van der Waals surface area contributed by atoms with Crippen molar-refractivity contribution in [2.45, 2.75) is 19.8 Å². The molecule has 0 atom stereocenters. The first-order valence-electron chi connectivity index (χ1n) is 4.52. The van der Waals surface area contributed by atoms with E-state index in [4.69, 9.17) is 0 Å². The Kier molecular flexibility index (Phi) is 3.96. The molecule has 72 valence electrons. The molecule has 0 aliphatic carbocycles. The average molecular weight is 197 g/mol. The number of aldehydes is 1. The molecule has 0 spiro atoms. The van der Waals surface area contributed by atoms with Crippen molar-refractivity contribution in [2.75, 3.05) is 18.5 Å². The molecule has 0 saturated heterocycles. The second kappa shape index (κ2) is 5.02. The van der Waals surface area contributed by atoms with Crippen LogP contribution in [-0.4, -0.2) is 19.9 Å². The normalized spacial score (nSPS) is 10.0. The second-order valence-electron chi connectivity index (χ2n) is 3.10. The molecule has 3 heteroatoms. The van der Waals surface area contributed by atoms with Gasteiger partial charge in [0, 0.05) is 24.7 Å². The molecule has 0 N–H and O–H groups in total. The summed E-state index contributed by atoms with van der Waals surface area (Å²) in [4.78, 5) is 13.4. The fourth-order valence-electron chi connectivity index (χ4n) is 1.13. The number of carbonyl (C=O) groups is 1. The molecule has 0 radical (unpaired) electrons. The van der Waals surface area contributed by atoms with Gasteiger partial charge in [-0.05, 0) is 12.5 Å².